The normalized spacial score (nSPS) is 13.4. The first-order valence-corrected chi connectivity index (χ1v) is 14.1. The summed E-state index contributed by atoms with van der Waals surface area (Å²) < 4.78 is 9.56. The zero-order chi connectivity index (χ0) is 27.6. The number of fused-ring (bicyclic) bond motifs is 1. The molecule has 0 aliphatic heterocycles. The van der Waals surface area contributed by atoms with Gasteiger partial charge in [0, 0.05) is 36.8 Å². The molecule has 5 aromatic rings. The van der Waals surface area contributed by atoms with Crippen LogP contribution in [0.25, 0.3) is 33.4 Å². The Morgan fingerprint density at radius 2 is 1.88 bits per heavy atom. The van der Waals surface area contributed by atoms with Crippen LogP contribution in [0.3, 0.4) is 0 Å². The number of para-hydroxylation sites is 1. The van der Waals surface area contributed by atoms with Crippen LogP contribution in [0.5, 0.6) is 5.75 Å². The van der Waals surface area contributed by atoms with Gasteiger partial charge in [-0.15, -0.1) is 0 Å². The molecular weight excluding hydrogens is 500 g/mol. The number of aryl methyl sites for hydroxylation is 2. The molecule has 0 spiro atoms. The van der Waals surface area contributed by atoms with Crippen LogP contribution in [-0.4, -0.2) is 30.4 Å². The maximum atomic E-state index is 11.1. The lowest BCUT2D eigenvalue weighted by Gasteiger charge is -2.25. The minimum absolute atomic E-state index is 0.326. The summed E-state index contributed by atoms with van der Waals surface area (Å²) in [6, 6.07) is 19.8. The molecule has 0 unspecified atom stereocenters. The number of carboxylic acid groups (broad SMARTS) is 1. The molecule has 2 heterocycles. The van der Waals surface area contributed by atoms with E-state index >= 15 is 0 Å². The largest absolute Gasteiger partial charge is 0.511 e. The zero-order valence-electron chi connectivity index (χ0n) is 23.0. The molecule has 204 valence electrons. The van der Waals surface area contributed by atoms with Crippen LogP contribution in [0.4, 0.5) is 4.79 Å². The molecule has 7 heteroatoms. The van der Waals surface area contributed by atoms with Crippen LogP contribution in [0, 0.1) is 12.8 Å². The van der Waals surface area contributed by atoms with Crippen LogP contribution >= 0.6 is 0 Å². The summed E-state index contributed by atoms with van der Waals surface area (Å²) in [5, 5.41) is 9.11. The van der Waals surface area contributed by atoms with Gasteiger partial charge in [0.1, 0.15) is 11.6 Å². The van der Waals surface area contributed by atoms with Gasteiger partial charge in [-0.05, 0) is 67.0 Å². The highest BCUT2D eigenvalue weighted by molar-refractivity contribution is 5.85. The summed E-state index contributed by atoms with van der Waals surface area (Å²) in [7, 11) is 0. The molecule has 40 heavy (non-hydrogen) atoms. The number of hydrogen-bond donors (Lipinski definition) is 1. The Kier molecular flexibility index (Phi) is 7.11. The zero-order valence-corrected chi connectivity index (χ0v) is 23.0. The molecule has 1 aliphatic carbocycles. The van der Waals surface area contributed by atoms with Crippen molar-refractivity contribution >= 4 is 17.2 Å². The first kappa shape index (κ1) is 25.9. The van der Waals surface area contributed by atoms with E-state index in [1.165, 1.54) is 19.3 Å². The number of aromatic nitrogens is 4. The van der Waals surface area contributed by atoms with Gasteiger partial charge in [0.25, 0.3) is 0 Å². The summed E-state index contributed by atoms with van der Waals surface area (Å²) in [6.07, 6.45) is 8.73. The molecule has 0 radical (unpaired) electrons. The monoisotopic (exact) mass is 534 g/mol. The Balaban J connectivity index is 1.32. The highest BCUT2D eigenvalue weighted by atomic mass is 16.7. The minimum atomic E-state index is -1.32. The summed E-state index contributed by atoms with van der Waals surface area (Å²) in [4.78, 5) is 21.0. The highest BCUT2D eigenvalue weighted by Crippen LogP contribution is 2.32. The third-order valence-electron chi connectivity index (χ3n) is 7.91. The molecule has 0 bridgehead atoms. The lowest BCUT2D eigenvalue weighted by atomic mass is 9.85. The van der Waals surface area contributed by atoms with Crippen LogP contribution < -0.4 is 4.74 Å². The Morgan fingerprint density at radius 1 is 1.07 bits per heavy atom. The number of carbonyl (C=O) groups is 1. The van der Waals surface area contributed by atoms with Crippen molar-refractivity contribution in [2.75, 3.05) is 0 Å². The van der Waals surface area contributed by atoms with E-state index in [1.807, 2.05) is 30.6 Å². The minimum Gasteiger partial charge on any atom is -0.449 e. The van der Waals surface area contributed by atoms with Crippen molar-refractivity contribution in [3.8, 4) is 28.1 Å². The van der Waals surface area contributed by atoms with Crippen molar-refractivity contribution in [1.29, 1.82) is 0 Å². The van der Waals surface area contributed by atoms with Gasteiger partial charge in [-0.2, -0.15) is 0 Å². The fourth-order valence-electron chi connectivity index (χ4n) is 5.62. The highest BCUT2D eigenvalue weighted by Gasteiger charge is 2.19. The number of rotatable bonds is 9. The fourth-order valence-corrected chi connectivity index (χ4v) is 5.62. The van der Waals surface area contributed by atoms with E-state index < -0.39 is 6.16 Å². The number of benzene rings is 3. The van der Waals surface area contributed by atoms with Crippen LogP contribution in [0.2, 0.25) is 0 Å². The van der Waals surface area contributed by atoms with Gasteiger partial charge in [0.2, 0.25) is 0 Å². The number of ether oxygens (including phenoxy) is 1. The lowest BCUT2D eigenvalue weighted by Crippen LogP contribution is -2.16. The molecule has 0 saturated heterocycles. The van der Waals surface area contributed by atoms with Crippen molar-refractivity contribution in [3.05, 3.63) is 90.1 Å². The fraction of sp³-hybridized carbons (Fsp3) is 0.303. The molecule has 1 fully saturated rings. The maximum absolute atomic E-state index is 11.1. The number of nitrogens with zero attached hydrogens (tertiary/aromatic N) is 4. The molecule has 6 rings (SSSR count). The Labute approximate surface area is 234 Å². The average Bonchev–Trinajstić information content (AvgIpc) is 3.52. The first-order chi connectivity index (χ1) is 19.5. The van der Waals surface area contributed by atoms with Gasteiger partial charge in [0.15, 0.2) is 0 Å². The summed E-state index contributed by atoms with van der Waals surface area (Å²) in [5.74, 6) is 2.19. The smallest absolute Gasteiger partial charge is 0.449 e. The first-order valence-electron chi connectivity index (χ1n) is 14.1. The van der Waals surface area contributed by atoms with E-state index in [0.29, 0.717) is 12.3 Å². The van der Waals surface area contributed by atoms with E-state index in [9.17, 15) is 4.79 Å². The van der Waals surface area contributed by atoms with Crippen LogP contribution in [0.15, 0.2) is 73.2 Å². The Morgan fingerprint density at radius 3 is 2.60 bits per heavy atom. The molecule has 0 atom stereocenters. The van der Waals surface area contributed by atoms with Crippen LogP contribution in [-0.2, 0) is 19.5 Å². The van der Waals surface area contributed by atoms with Gasteiger partial charge >= 0.3 is 6.16 Å². The quantitative estimate of drug-likeness (QED) is 0.155. The van der Waals surface area contributed by atoms with Crippen molar-refractivity contribution in [2.24, 2.45) is 5.92 Å². The molecule has 2 aromatic heterocycles. The second-order valence-corrected chi connectivity index (χ2v) is 10.8. The van der Waals surface area contributed by atoms with E-state index in [1.54, 1.807) is 12.1 Å². The molecule has 1 saturated carbocycles. The Hall–Kier alpha value is -4.39. The second kappa shape index (κ2) is 11.0. The molecule has 7 nitrogen and oxygen atoms in total. The van der Waals surface area contributed by atoms with E-state index in [2.05, 4.69) is 53.4 Å². The Bertz CT molecular complexity index is 1660. The third kappa shape index (κ3) is 5.24. The van der Waals surface area contributed by atoms with Gasteiger partial charge in [-0.25, -0.2) is 14.8 Å². The molecule has 0 amide bonds. The maximum Gasteiger partial charge on any atom is 0.511 e. The molecule has 1 aliphatic rings. The number of imidazole rings is 2. The van der Waals surface area contributed by atoms with E-state index in [-0.39, 0.29) is 0 Å². The van der Waals surface area contributed by atoms with E-state index in [4.69, 9.17) is 19.8 Å². The average molecular weight is 535 g/mol. The summed E-state index contributed by atoms with van der Waals surface area (Å²) in [6.45, 7) is 6.06. The van der Waals surface area contributed by atoms with E-state index in [0.717, 1.165) is 75.7 Å². The predicted molar refractivity (Wildman–Crippen MR) is 157 cm³/mol. The molecular formula is C33H34N4O3. The van der Waals surface area contributed by atoms with Crippen LogP contribution in [0.1, 0.15) is 49.6 Å². The van der Waals surface area contributed by atoms with Crippen molar-refractivity contribution in [1.82, 2.24) is 19.1 Å². The molecule has 1 N–H and O–H groups in total. The summed E-state index contributed by atoms with van der Waals surface area (Å²) >= 11 is 0. The predicted octanol–water partition coefficient (Wildman–Crippen LogP) is 7.73. The molecule has 3 aromatic carbocycles. The van der Waals surface area contributed by atoms with Crippen molar-refractivity contribution in [2.45, 2.75) is 59.0 Å². The second-order valence-electron chi connectivity index (χ2n) is 10.8. The number of hydrogen-bond acceptors (Lipinski definition) is 4. The van der Waals surface area contributed by atoms with Gasteiger partial charge in [-0.3, -0.25) is 0 Å². The van der Waals surface area contributed by atoms with Gasteiger partial charge < -0.3 is 19.0 Å². The third-order valence-corrected chi connectivity index (χ3v) is 7.91. The van der Waals surface area contributed by atoms with Crippen molar-refractivity contribution < 1.29 is 14.6 Å². The summed E-state index contributed by atoms with van der Waals surface area (Å²) in [5.41, 5.74) is 8.22. The SMILES string of the molecule is CCCc1nc2c(C)cc(-c3cn(CC4CCC4)cn3)cc2n1Cc1ccc(-c2ccccc2OC(=O)O)cc1. The topological polar surface area (TPSA) is 82.2 Å². The van der Waals surface area contributed by atoms with Crippen molar-refractivity contribution in [3.63, 3.8) is 0 Å². The van der Waals surface area contributed by atoms with Gasteiger partial charge in [0.05, 0.1) is 23.1 Å². The standard InChI is InChI=1S/C33H34N4O3/c1-3-7-31-35-32-22(2)16-26(28-20-36(21-34-28)18-23-8-6-9-23)17-29(32)37(31)19-24-12-14-25(15-13-24)27-10-4-5-11-30(27)40-33(38)39/h4-5,10-17,20-21,23H,3,6-9,18-19H2,1-2H3,(H,38,39). The van der Waals surface area contributed by atoms with Gasteiger partial charge in [-0.1, -0.05) is 55.8 Å². The lowest BCUT2D eigenvalue weighted by molar-refractivity contribution is 0.144.